The standard InChI is InChI=1S/C18H22ClNO2S/c1-12-8-14(3)18(9-13(12)2)15(4)20-23(21,22)11-16-6-5-7-17(19)10-16/h5-10,15,20H,11H2,1-4H3/t15-/m0/s1. The molecule has 0 unspecified atom stereocenters. The van der Waals surface area contributed by atoms with E-state index in [4.69, 9.17) is 11.6 Å². The van der Waals surface area contributed by atoms with Crippen LogP contribution in [0.15, 0.2) is 36.4 Å². The Hall–Kier alpha value is -1.36. The molecule has 0 radical (unpaired) electrons. The van der Waals surface area contributed by atoms with Crippen molar-refractivity contribution in [1.82, 2.24) is 4.72 Å². The van der Waals surface area contributed by atoms with Crippen LogP contribution in [0.4, 0.5) is 0 Å². The summed E-state index contributed by atoms with van der Waals surface area (Å²) < 4.78 is 27.6. The van der Waals surface area contributed by atoms with Crippen LogP contribution in [0.25, 0.3) is 0 Å². The molecule has 0 saturated heterocycles. The minimum absolute atomic E-state index is 0.0816. The van der Waals surface area contributed by atoms with Crippen LogP contribution >= 0.6 is 11.6 Å². The summed E-state index contributed by atoms with van der Waals surface area (Å²) in [5, 5.41) is 0.538. The lowest BCUT2D eigenvalue weighted by molar-refractivity contribution is 0.565. The van der Waals surface area contributed by atoms with E-state index in [9.17, 15) is 8.42 Å². The summed E-state index contributed by atoms with van der Waals surface area (Å²) in [6.45, 7) is 7.96. The molecule has 0 spiro atoms. The lowest BCUT2D eigenvalue weighted by Gasteiger charge is -2.18. The van der Waals surface area contributed by atoms with Crippen molar-refractivity contribution in [3.8, 4) is 0 Å². The second-order valence-corrected chi connectivity index (χ2v) is 8.21. The highest BCUT2D eigenvalue weighted by Gasteiger charge is 2.18. The molecule has 3 nitrogen and oxygen atoms in total. The summed E-state index contributed by atoms with van der Waals surface area (Å²) in [7, 11) is -3.45. The molecule has 1 N–H and O–H groups in total. The predicted octanol–water partition coefficient (Wildman–Crippen LogP) is 4.45. The average molecular weight is 352 g/mol. The second-order valence-electron chi connectivity index (χ2n) is 6.02. The minimum Gasteiger partial charge on any atom is -0.212 e. The van der Waals surface area contributed by atoms with Crippen molar-refractivity contribution in [2.75, 3.05) is 0 Å². The van der Waals surface area contributed by atoms with Crippen molar-refractivity contribution in [2.45, 2.75) is 39.5 Å². The van der Waals surface area contributed by atoms with Gasteiger partial charge in [0.1, 0.15) is 0 Å². The summed E-state index contributed by atoms with van der Waals surface area (Å²) in [6.07, 6.45) is 0. The lowest BCUT2D eigenvalue weighted by Crippen LogP contribution is -2.28. The molecule has 5 heteroatoms. The van der Waals surface area contributed by atoms with E-state index >= 15 is 0 Å². The van der Waals surface area contributed by atoms with E-state index in [2.05, 4.69) is 23.8 Å². The molecule has 23 heavy (non-hydrogen) atoms. The fourth-order valence-electron chi connectivity index (χ4n) is 2.67. The zero-order valence-electron chi connectivity index (χ0n) is 13.9. The minimum atomic E-state index is -3.45. The molecule has 0 bridgehead atoms. The van der Waals surface area contributed by atoms with Crippen LogP contribution in [-0.4, -0.2) is 8.42 Å². The number of nitrogens with one attached hydrogen (secondary N) is 1. The molecule has 2 aromatic rings. The van der Waals surface area contributed by atoms with Crippen LogP contribution in [0.2, 0.25) is 5.02 Å². The quantitative estimate of drug-likeness (QED) is 0.865. The van der Waals surface area contributed by atoms with Crippen molar-refractivity contribution >= 4 is 21.6 Å². The molecule has 1 atom stereocenters. The van der Waals surface area contributed by atoms with E-state index in [-0.39, 0.29) is 11.8 Å². The first-order chi connectivity index (χ1) is 10.7. The Morgan fingerprint density at radius 3 is 2.35 bits per heavy atom. The molecule has 0 heterocycles. The highest BCUT2D eigenvalue weighted by Crippen LogP contribution is 2.23. The van der Waals surface area contributed by atoms with E-state index in [0.717, 1.165) is 16.7 Å². The summed E-state index contributed by atoms with van der Waals surface area (Å²) >= 11 is 5.91. The highest BCUT2D eigenvalue weighted by molar-refractivity contribution is 7.88. The maximum atomic E-state index is 12.4. The first-order valence-corrected chi connectivity index (χ1v) is 9.53. The van der Waals surface area contributed by atoms with Crippen LogP contribution in [0.5, 0.6) is 0 Å². The van der Waals surface area contributed by atoms with E-state index in [1.54, 1.807) is 24.3 Å². The van der Waals surface area contributed by atoms with Gasteiger partial charge in [0.15, 0.2) is 0 Å². The van der Waals surface area contributed by atoms with Crippen LogP contribution in [-0.2, 0) is 15.8 Å². The largest absolute Gasteiger partial charge is 0.216 e. The molecule has 2 rings (SSSR count). The van der Waals surface area contributed by atoms with Gasteiger partial charge in [0.2, 0.25) is 10.0 Å². The number of aryl methyl sites for hydroxylation is 3. The number of benzene rings is 2. The lowest BCUT2D eigenvalue weighted by atomic mass is 9.97. The van der Waals surface area contributed by atoms with E-state index < -0.39 is 10.0 Å². The Morgan fingerprint density at radius 1 is 1.04 bits per heavy atom. The van der Waals surface area contributed by atoms with Gasteiger partial charge in [0.05, 0.1) is 5.75 Å². The van der Waals surface area contributed by atoms with E-state index in [1.807, 2.05) is 20.8 Å². The van der Waals surface area contributed by atoms with Gasteiger partial charge in [0, 0.05) is 11.1 Å². The summed E-state index contributed by atoms with van der Waals surface area (Å²) in [5.41, 5.74) is 5.13. The van der Waals surface area contributed by atoms with Crippen LogP contribution in [0.1, 0.15) is 40.8 Å². The number of halogens is 1. The molecule has 0 aromatic heterocycles. The molecule has 0 aliphatic carbocycles. The Labute approximate surface area is 143 Å². The van der Waals surface area contributed by atoms with Crippen LogP contribution < -0.4 is 4.72 Å². The maximum absolute atomic E-state index is 12.4. The number of hydrogen-bond acceptors (Lipinski definition) is 2. The fraction of sp³-hybridized carbons (Fsp3) is 0.333. The van der Waals surface area contributed by atoms with Crippen LogP contribution in [0, 0.1) is 20.8 Å². The molecular weight excluding hydrogens is 330 g/mol. The summed E-state index contributed by atoms with van der Waals surface area (Å²) in [6, 6.07) is 10.8. The molecule has 0 saturated carbocycles. The SMILES string of the molecule is Cc1cc(C)c([C@H](C)NS(=O)(=O)Cc2cccc(Cl)c2)cc1C. The third-order valence-electron chi connectivity index (χ3n) is 3.95. The maximum Gasteiger partial charge on any atom is 0.216 e. The third-order valence-corrected chi connectivity index (χ3v) is 5.61. The van der Waals surface area contributed by atoms with Gasteiger partial charge in [-0.05, 0) is 67.6 Å². The van der Waals surface area contributed by atoms with Crippen molar-refractivity contribution in [3.05, 3.63) is 69.2 Å². The average Bonchev–Trinajstić information content (AvgIpc) is 2.41. The third kappa shape index (κ3) is 4.80. The van der Waals surface area contributed by atoms with Crippen LogP contribution in [0.3, 0.4) is 0 Å². The van der Waals surface area contributed by atoms with Gasteiger partial charge >= 0.3 is 0 Å². The normalized spacial score (nSPS) is 13.1. The van der Waals surface area contributed by atoms with Gasteiger partial charge in [-0.2, -0.15) is 0 Å². The van der Waals surface area contributed by atoms with Gasteiger partial charge < -0.3 is 0 Å². The van der Waals surface area contributed by atoms with Crippen molar-refractivity contribution in [1.29, 1.82) is 0 Å². The van der Waals surface area contributed by atoms with Gasteiger partial charge in [-0.15, -0.1) is 0 Å². The summed E-state index contributed by atoms with van der Waals surface area (Å²) in [5.74, 6) is -0.0816. The van der Waals surface area contributed by atoms with E-state index in [0.29, 0.717) is 10.6 Å². The molecular formula is C18H22ClNO2S. The van der Waals surface area contributed by atoms with E-state index in [1.165, 1.54) is 5.56 Å². The first kappa shape index (κ1) is 18.0. The highest BCUT2D eigenvalue weighted by atomic mass is 35.5. The number of hydrogen-bond donors (Lipinski definition) is 1. The zero-order valence-corrected chi connectivity index (χ0v) is 15.4. The summed E-state index contributed by atoms with van der Waals surface area (Å²) in [4.78, 5) is 0. The Kier molecular flexibility index (Phi) is 5.50. The zero-order chi connectivity index (χ0) is 17.2. The van der Waals surface area contributed by atoms with Crippen molar-refractivity contribution in [2.24, 2.45) is 0 Å². The predicted molar refractivity (Wildman–Crippen MR) is 96.3 cm³/mol. The Morgan fingerprint density at radius 2 is 1.70 bits per heavy atom. The fourth-order valence-corrected chi connectivity index (χ4v) is 4.25. The Balaban J connectivity index is 2.18. The topological polar surface area (TPSA) is 46.2 Å². The molecule has 124 valence electrons. The second kappa shape index (κ2) is 7.04. The van der Waals surface area contributed by atoms with Crippen molar-refractivity contribution in [3.63, 3.8) is 0 Å². The number of rotatable bonds is 5. The van der Waals surface area contributed by atoms with Gasteiger partial charge in [-0.25, -0.2) is 13.1 Å². The first-order valence-electron chi connectivity index (χ1n) is 7.50. The molecule has 2 aromatic carbocycles. The number of sulfonamides is 1. The van der Waals surface area contributed by atoms with Crippen molar-refractivity contribution < 1.29 is 8.42 Å². The molecule has 0 aliphatic heterocycles. The molecule has 0 aliphatic rings. The van der Waals surface area contributed by atoms with Gasteiger partial charge in [-0.1, -0.05) is 35.9 Å². The van der Waals surface area contributed by atoms with Gasteiger partial charge in [-0.3, -0.25) is 0 Å². The Bertz CT molecular complexity index is 816. The van der Waals surface area contributed by atoms with Gasteiger partial charge in [0.25, 0.3) is 0 Å². The molecule has 0 amide bonds. The smallest absolute Gasteiger partial charge is 0.212 e. The molecule has 0 fully saturated rings. The monoisotopic (exact) mass is 351 g/mol.